The number of fused-ring (bicyclic) bond motifs is 1. The molecule has 1 fully saturated rings. The molecular formula is C16H21FO3. The fourth-order valence-electron chi connectivity index (χ4n) is 2.93. The molecule has 3 unspecified atom stereocenters. The Balaban J connectivity index is 1.80. The molecular weight excluding hydrogens is 259 g/mol. The van der Waals surface area contributed by atoms with Gasteiger partial charge in [-0.1, -0.05) is 13.8 Å². The molecule has 110 valence electrons. The Morgan fingerprint density at radius 1 is 1.15 bits per heavy atom. The molecule has 0 amide bonds. The van der Waals surface area contributed by atoms with Crippen LogP contribution in [0.3, 0.4) is 0 Å². The third-order valence-corrected chi connectivity index (χ3v) is 4.20. The van der Waals surface area contributed by atoms with Gasteiger partial charge >= 0.3 is 0 Å². The van der Waals surface area contributed by atoms with Crippen LogP contribution in [0.4, 0.5) is 4.39 Å². The zero-order valence-corrected chi connectivity index (χ0v) is 12.0. The van der Waals surface area contributed by atoms with Crippen LogP contribution in [0, 0.1) is 5.82 Å². The second kappa shape index (κ2) is 5.60. The monoisotopic (exact) mass is 280 g/mol. The van der Waals surface area contributed by atoms with Crippen LogP contribution in [-0.2, 0) is 4.74 Å². The van der Waals surface area contributed by atoms with Gasteiger partial charge < -0.3 is 14.2 Å². The van der Waals surface area contributed by atoms with Crippen molar-refractivity contribution in [1.82, 2.24) is 0 Å². The van der Waals surface area contributed by atoms with Gasteiger partial charge in [0.15, 0.2) is 11.5 Å². The zero-order chi connectivity index (χ0) is 14.1. The average molecular weight is 280 g/mol. The average Bonchev–Trinajstić information content (AvgIpc) is 3.22. The molecule has 0 aromatic heterocycles. The standard InChI is InChI=1S/C16H21FO3/c1-3-10(7-16-13(4-2)20-16)11-8-14-15(9-12(11)17)19-6-5-18-14/h8-10,13,16H,3-7H2,1-2H3. The van der Waals surface area contributed by atoms with Crippen molar-refractivity contribution in [2.24, 2.45) is 0 Å². The van der Waals surface area contributed by atoms with E-state index in [-0.39, 0.29) is 17.8 Å². The molecule has 3 atom stereocenters. The molecule has 3 rings (SSSR count). The minimum absolute atomic E-state index is 0.173. The molecule has 1 saturated heterocycles. The van der Waals surface area contributed by atoms with Crippen molar-refractivity contribution < 1.29 is 18.6 Å². The van der Waals surface area contributed by atoms with Crippen LogP contribution < -0.4 is 9.47 Å². The molecule has 0 saturated carbocycles. The van der Waals surface area contributed by atoms with Crippen LogP contribution in [0.25, 0.3) is 0 Å². The van der Waals surface area contributed by atoms with Gasteiger partial charge in [-0.15, -0.1) is 0 Å². The Hall–Kier alpha value is -1.29. The van der Waals surface area contributed by atoms with Crippen molar-refractivity contribution in [3.8, 4) is 11.5 Å². The lowest BCUT2D eigenvalue weighted by atomic mass is 9.90. The Labute approximate surface area is 119 Å². The molecule has 1 aromatic rings. The van der Waals surface area contributed by atoms with Gasteiger partial charge in [0.05, 0.1) is 12.2 Å². The Kier molecular flexibility index (Phi) is 3.83. The lowest BCUT2D eigenvalue weighted by Crippen LogP contribution is -2.16. The van der Waals surface area contributed by atoms with Gasteiger partial charge in [0, 0.05) is 6.07 Å². The first kappa shape index (κ1) is 13.7. The highest BCUT2D eigenvalue weighted by atomic mass is 19.1. The summed E-state index contributed by atoms with van der Waals surface area (Å²) < 4.78 is 30.8. The molecule has 3 nitrogen and oxygen atoms in total. The number of rotatable bonds is 5. The molecule has 0 radical (unpaired) electrons. The first-order chi connectivity index (χ1) is 9.72. The molecule has 2 heterocycles. The van der Waals surface area contributed by atoms with Gasteiger partial charge in [0.1, 0.15) is 19.0 Å². The highest BCUT2D eigenvalue weighted by Crippen LogP contribution is 2.40. The van der Waals surface area contributed by atoms with Gasteiger partial charge in [0.25, 0.3) is 0 Å². The molecule has 20 heavy (non-hydrogen) atoms. The summed E-state index contributed by atoms with van der Waals surface area (Å²) >= 11 is 0. The highest BCUT2D eigenvalue weighted by molar-refractivity contribution is 5.45. The number of epoxide rings is 1. The van der Waals surface area contributed by atoms with Crippen molar-refractivity contribution in [2.45, 2.75) is 51.2 Å². The minimum Gasteiger partial charge on any atom is -0.486 e. The van der Waals surface area contributed by atoms with Crippen molar-refractivity contribution in [3.63, 3.8) is 0 Å². The molecule has 2 aliphatic rings. The first-order valence-corrected chi connectivity index (χ1v) is 7.47. The smallest absolute Gasteiger partial charge is 0.164 e. The van der Waals surface area contributed by atoms with E-state index >= 15 is 0 Å². The predicted octanol–water partition coefficient (Wildman–Crippen LogP) is 3.66. The molecule has 2 aliphatic heterocycles. The number of hydrogen-bond acceptors (Lipinski definition) is 3. The van der Waals surface area contributed by atoms with Crippen LogP contribution in [0.1, 0.15) is 44.6 Å². The van der Waals surface area contributed by atoms with Crippen molar-refractivity contribution in [2.75, 3.05) is 13.2 Å². The van der Waals surface area contributed by atoms with E-state index in [1.807, 2.05) is 0 Å². The Morgan fingerprint density at radius 3 is 2.45 bits per heavy atom. The molecule has 1 aromatic carbocycles. The fourth-order valence-corrected chi connectivity index (χ4v) is 2.93. The Morgan fingerprint density at radius 2 is 1.85 bits per heavy atom. The summed E-state index contributed by atoms with van der Waals surface area (Å²) in [4.78, 5) is 0. The Bertz CT molecular complexity index is 489. The van der Waals surface area contributed by atoms with E-state index in [9.17, 15) is 4.39 Å². The third-order valence-electron chi connectivity index (χ3n) is 4.20. The molecule has 0 bridgehead atoms. The van der Waals surface area contributed by atoms with Gasteiger partial charge in [-0.25, -0.2) is 4.39 Å². The minimum atomic E-state index is -0.199. The van der Waals surface area contributed by atoms with Gasteiger partial charge in [0.2, 0.25) is 0 Å². The van der Waals surface area contributed by atoms with Crippen LogP contribution in [0.15, 0.2) is 12.1 Å². The molecule has 0 aliphatic carbocycles. The maximum absolute atomic E-state index is 14.3. The summed E-state index contributed by atoms with van der Waals surface area (Å²) in [5.74, 6) is 1.15. The second-order valence-corrected chi connectivity index (χ2v) is 5.48. The van der Waals surface area contributed by atoms with E-state index < -0.39 is 0 Å². The SMILES string of the molecule is CCC(CC1OC1CC)c1cc2c(cc1F)OCCO2. The van der Waals surface area contributed by atoms with Crippen LogP contribution in [-0.4, -0.2) is 25.4 Å². The predicted molar refractivity (Wildman–Crippen MR) is 74.0 cm³/mol. The van der Waals surface area contributed by atoms with Crippen molar-refractivity contribution in [1.29, 1.82) is 0 Å². The van der Waals surface area contributed by atoms with E-state index in [4.69, 9.17) is 14.2 Å². The molecule has 0 spiro atoms. The van der Waals surface area contributed by atoms with Gasteiger partial charge in [-0.3, -0.25) is 0 Å². The van der Waals surface area contributed by atoms with E-state index in [2.05, 4.69) is 13.8 Å². The number of ether oxygens (including phenoxy) is 3. The summed E-state index contributed by atoms with van der Waals surface area (Å²) in [6.07, 6.45) is 3.46. The van der Waals surface area contributed by atoms with Gasteiger partial charge in [-0.2, -0.15) is 0 Å². The van der Waals surface area contributed by atoms with Crippen molar-refractivity contribution >= 4 is 0 Å². The van der Waals surface area contributed by atoms with Crippen LogP contribution >= 0.6 is 0 Å². The number of halogens is 1. The lowest BCUT2D eigenvalue weighted by Gasteiger charge is -2.22. The third kappa shape index (κ3) is 2.62. The maximum Gasteiger partial charge on any atom is 0.164 e. The van der Waals surface area contributed by atoms with Crippen LogP contribution in [0.5, 0.6) is 11.5 Å². The fraction of sp³-hybridized carbons (Fsp3) is 0.625. The van der Waals surface area contributed by atoms with E-state index in [1.54, 1.807) is 6.07 Å². The summed E-state index contributed by atoms with van der Waals surface area (Å²) in [6.45, 7) is 5.22. The van der Waals surface area contributed by atoms with E-state index in [0.717, 1.165) is 24.8 Å². The number of hydrogen-bond donors (Lipinski definition) is 0. The number of benzene rings is 1. The quantitative estimate of drug-likeness (QED) is 0.771. The second-order valence-electron chi connectivity index (χ2n) is 5.48. The van der Waals surface area contributed by atoms with E-state index in [0.29, 0.717) is 30.8 Å². The maximum atomic E-state index is 14.3. The van der Waals surface area contributed by atoms with Crippen LogP contribution in [0.2, 0.25) is 0 Å². The van der Waals surface area contributed by atoms with Crippen molar-refractivity contribution in [3.05, 3.63) is 23.5 Å². The van der Waals surface area contributed by atoms with E-state index in [1.165, 1.54) is 6.07 Å². The van der Waals surface area contributed by atoms with Gasteiger partial charge in [-0.05, 0) is 36.8 Å². The molecule has 0 N–H and O–H groups in total. The largest absolute Gasteiger partial charge is 0.486 e. The summed E-state index contributed by atoms with van der Waals surface area (Å²) in [5.41, 5.74) is 0.724. The summed E-state index contributed by atoms with van der Waals surface area (Å²) in [6, 6.07) is 3.26. The first-order valence-electron chi connectivity index (χ1n) is 7.47. The highest BCUT2D eigenvalue weighted by Gasteiger charge is 2.39. The normalized spacial score (nSPS) is 25.4. The molecule has 4 heteroatoms. The summed E-state index contributed by atoms with van der Waals surface area (Å²) in [7, 11) is 0. The zero-order valence-electron chi connectivity index (χ0n) is 12.0. The topological polar surface area (TPSA) is 31.0 Å². The summed E-state index contributed by atoms with van der Waals surface area (Å²) in [5, 5.41) is 0. The lowest BCUT2D eigenvalue weighted by molar-refractivity contribution is 0.170.